The number of hydrogen-bond donors (Lipinski definition) is 2. The van der Waals surface area contributed by atoms with Crippen LogP contribution < -0.4 is 15.4 Å². The maximum absolute atomic E-state index is 11.9. The van der Waals surface area contributed by atoms with Crippen LogP contribution in [0.1, 0.15) is 18.9 Å². The average Bonchev–Trinajstić information content (AvgIpc) is 2.43. The van der Waals surface area contributed by atoms with E-state index in [0.717, 1.165) is 25.1 Å². The molecule has 20 heavy (non-hydrogen) atoms. The molecule has 1 fully saturated rings. The van der Waals surface area contributed by atoms with Crippen molar-refractivity contribution in [3.8, 4) is 5.75 Å². The highest BCUT2D eigenvalue weighted by atomic mass is 35.5. The van der Waals surface area contributed by atoms with Gasteiger partial charge in [0.2, 0.25) is 0 Å². The predicted octanol–water partition coefficient (Wildman–Crippen LogP) is 2.14. The van der Waals surface area contributed by atoms with Gasteiger partial charge in [0.05, 0.1) is 0 Å². The first-order chi connectivity index (χ1) is 9.56. The first-order valence-corrected chi connectivity index (χ1v) is 7.33. The van der Waals surface area contributed by atoms with E-state index in [1.54, 1.807) is 12.1 Å². The molecule has 1 aromatic carbocycles. The Labute approximate surface area is 124 Å². The highest BCUT2D eigenvalue weighted by Gasteiger charge is 2.22. The normalized spacial score (nSPS) is 22.4. The van der Waals surface area contributed by atoms with Crippen molar-refractivity contribution in [1.82, 2.24) is 10.6 Å². The van der Waals surface area contributed by atoms with Gasteiger partial charge in [-0.05, 0) is 56.1 Å². The predicted molar refractivity (Wildman–Crippen MR) is 80.3 cm³/mol. The quantitative estimate of drug-likeness (QED) is 0.895. The Kier molecular flexibility index (Phi) is 5.26. The zero-order chi connectivity index (χ0) is 14.5. The molecule has 1 aliphatic rings. The van der Waals surface area contributed by atoms with Crippen LogP contribution in [0.15, 0.2) is 18.2 Å². The lowest BCUT2D eigenvalue weighted by Crippen LogP contribution is -2.49. The molecule has 1 aliphatic heterocycles. The first-order valence-electron chi connectivity index (χ1n) is 6.95. The Morgan fingerprint density at radius 2 is 2.35 bits per heavy atom. The minimum Gasteiger partial charge on any atom is -0.484 e. The molecule has 5 heteroatoms. The molecule has 0 aromatic heterocycles. The SMILES string of the molecule is Cc1cc(OCC(=O)NC2CCNCC2C)ccc1Cl. The number of ether oxygens (including phenoxy) is 1. The lowest BCUT2D eigenvalue weighted by atomic mass is 9.95. The van der Waals surface area contributed by atoms with Gasteiger partial charge in [-0.15, -0.1) is 0 Å². The maximum atomic E-state index is 11.9. The molecule has 2 atom stereocenters. The number of rotatable bonds is 4. The molecule has 0 saturated carbocycles. The van der Waals surface area contributed by atoms with Gasteiger partial charge >= 0.3 is 0 Å². The fraction of sp³-hybridized carbons (Fsp3) is 0.533. The topological polar surface area (TPSA) is 50.4 Å². The van der Waals surface area contributed by atoms with Gasteiger partial charge in [0.25, 0.3) is 5.91 Å². The lowest BCUT2D eigenvalue weighted by Gasteiger charge is -2.30. The summed E-state index contributed by atoms with van der Waals surface area (Å²) in [6.07, 6.45) is 0.965. The van der Waals surface area contributed by atoms with Gasteiger partial charge in [-0.3, -0.25) is 4.79 Å². The molecule has 2 rings (SSSR count). The highest BCUT2D eigenvalue weighted by Crippen LogP contribution is 2.20. The van der Waals surface area contributed by atoms with Gasteiger partial charge < -0.3 is 15.4 Å². The van der Waals surface area contributed by atoms with E-state index in [4.69, 9.17) is 16.3 Å². The average molecular weight is 297 g/mol. The fourth-order valence-corrected chi connectivity index (χ4v) is 2.45. The summed E-state index contributed by atoms with van der Waals surface area (Å²) in [5, 5.41) is 7.05. The Morgan fingerprint density at radius 3 is 3.05 bits per heavy atom. The minimum atomic E-state index is -0.0728. The number of hydrogen-bond acceptors (Lipinski definition) is 3. The van der Waals surface area contributed by atoms with Crippen molar-refractivity contribution >= 4 is 17.5 Å². The number of nitrogens with one attached hydrogen (secondary N) is 2. The van der Waals surface area contributed by atoms with E-state index in [1.807, 2.05) is 13.0 Å². The van der Waals surface area contributed by atoms with Crippen LogP contribution >= 0.6 is 11.6 Å². The Balaban J connectivity index is 1.81. The Bertz CT molecular complexity index is 479. The largest absolute Gasteiger partial charge is 0.484 e. The number of halogens is 1. The molecule has 0 radical (unpaired) electrons. The molecular weight excluding hydrogens is 276 g/mol. The van der Waals surface area contributed by atoms with Crippen molar-refractivity contribution in [2.45, 2.75) is 26.3 Å². The standard InChI is InChI=1S/C15H21ClN2O2/c1-10-7-12(3-4-13(10)16)20-9-15(19)18-14-5-6-17-8-11(14)2/h3-4,7,11,14,17H,5-6,8-9H2,1-2H3,(H,18,19). The second-order valence-corrected chi connectivity index (χ2v) is 5.75. The molecule has 1 saturated heterocycles. The van der Waals surface area contributed by atoms with E-state index < -0.39 is 0 Å². The van der Waals surface area contributed by atoms with E-state index >= 15 is 0 Å². The third-order valence-electron chi connectivity index (χ3n) is 3.63. The Hall–Kier alpha value is -1.26. The van der Waals surface area contributed by atoms with Crippen molar-refractivity contribution in [3.63, 3.8) is 0 Å². The summed E-state index contributed by atoms with van der Waals surface area (Å²) in [5.41, 5.74) is 0.941. The molecule has 1 heterocycles. The van der Waals surface area contributed by atoms with E-state index in [0.29, 0.717) is 16.7 Å². The molecular formula is C15H21ClN2O2. The van der Waals surface area contributed by atoms with Crippen molar-refractivity contribution in [3.05, 3.63) is 28.8 Å². The molecule has 0 spiro atoms. The van der Waals surface area contributed by atoms with Crippen LogP contribution in [-0.2, 0) is 4.79 Å². The van der Waals surface area contributed by atoms with Gasteiger partial charge in [0.15, 0.2) is 6.61 Å². The van der Waals surface area contributed by atoms with Gasteiger partial charge in [-0.1, -0.05) is 18.5 Å². The number of benzene rings is 1. The summed E-state index contributed by atoms with van der Waals surface area (Å²) < 4.78 is 5.49. The molecule has 0 bridgehead atoms. The molecule has 4 nitrogen and oxygen atoms in total. The van der Waals surface area contributed by atoms with Gasteiger partial charge in [-0.2, -0.15) is 0 Å². The van der Waals surface area contributed by atoms with Crippen LogP contribution in [0.25, 0.3) is 0 Å². The number of carbonyl (C=O) groups is 1. The van der Waals surface area contributed by atoms with Crippen LogP contribution in [0.3, 0.4) is 0 Å². The fourth-order valence-electron chi connectivity index (χ4n) is 2.33. The van der Waals surface area contributed by atoms with Crippen LogP contribution in [-0.4, -0.2) is 31.6 Å². The van der Waals surface area contributed by atoms with Crippen molar-refractivity contribution in [1.29, 1.82) is 0 Å². The summed E-state index contributed by atoms with van der Waals surface area (Å²) >= 11 is 5.95. The summed E-state index contributed by atoms with van der Waals surface area (Å²) in [6.45, 7) is 5.99. The first kappa shape index (κ1) is 15.1. The molecule has 2 N–H and O–H groups in total. The molecule has 1 amide bonds. The summed E-state index contributed by atoms with van der Waals surface area (Å²) in [5.74, 6) is 1.04. The van der Waals surface area contributed by atoms with Crippen molar-refractivity contribution in [2.75, 3.05) is 19.7 Å². The van der Waals surface area contributed by atoms with Crippen molar-refractivity contribution < 1.29 is 9.53 Å². The third kappa shape index (κ3) is 4.12. The van der Waals surface area contributed by atoms with E-state index in [1.165, 1.54) is 0 Å². The van der Waals surface area contributed by atoms with Crippen LogP contribution in [0.4, 0.5) is 0 Å². The zero-order valence-corrected chi connectivity index (χ0v) is 12.7. The molecule has 1 aromatic rings. The summed E-state index contributed by atoms with van der Waals surface area (Å²) in [4.78, 5) is 11.9. The van der Waals surface area contributed by atoms with Crippen molar-refractivity contribution in [2.24, 2.45) is 5.92 Å². The van der Waals surface area contributed by atoms with Gasteiger partial charge in [0.1, 0.15) is 5.75 Å². The number of carbonyl (C=O) groups excluding carboxylic acids is 1. The molecule has 0 aliphatic carbocycles. The summed E-state index contributed by atoms with van der Waals surface area (Å²) in [6, 6.07) is 5.62. The molecule has 110 valence electrons. The second kappa shape index (κ2) is 6.95. The number of amides is 1. The van der Waals surface area contributed by atoms with Gasteiger partial charge in [-0.25, -0.2) is 0 Å². The second-order valence-electron chi connectivity index (χ2n) is 5.34. The Morgan fingerprint density at radius 1 is 1.55 bits per heavy atom. The van der Waals surface area contributed by atoms with E-state index in [2.05, 4.69) is 17.6 Å². The maximum Gasteiger partial charge on any atom is 0.258 e. The summed E-state index contributed by atoms with van der Waals surface area (Å²) in [7, 11) is 0. The highest BCUT2D eigenvalue weighted by molar-refractivity contribution is 6.31. The number of aryl methyl sites for hydroxylation is 1. The zero-order valence-electron chi connectivity index (χ0n) is 11.9. The molecule has 2 unspecified atom stereocenters. The third-order valence-corrected chi connectivity index (χ3v) is 4.06. The monoisotopic (exact) mass is 296 g/mol. The lowest BCUT2D eigenvalue weighted by molar-refractivity contribution is -0.124. The van der Waals surface area contributed by atoms with Crippen LogP contribution in [0.2, 0.25) is 5.02 Å². The minimum absolute atomic E-state index is 0.0394. The van der Waals surface area contributed by atoms with Crippen LogP contribution in [0, 0.1) is 12.8 Å². The van der Waals surface area contributed by atoms with Gasteiger partial charge in [0, 0.05) is 11.1 Å². The van der Waals surface area contributed by atoms with E-state index in [9.17, 15) is 4.79 Å². The smallest absolute Gasteiger partial charge is 0.258 e. The van der Waals surface area contributed by atoms with Crippen LogP contribution in [0.5, 0.6) is 5.75 Å². The van der Waals surface area contributed by atoms with E-state index in [-0.39, 0.29) is 18.6 Å². The number of piperidine rings is 1.